The van der Waals surface area contributed by atoms with Crippen LogP contribution in [0.4, 0.5) is 4.39 Å². The maximum Gasteiger partial charge on any atom is 0.312 e. The van der Waals surface area contributed by atoms with E-state index >= 15 is 0 Å². The molecule has 0 fully saturated rings. The molecule has 1 aliphatic heterocycles. The monoisotopic (exact) mass is 431 g/mol. The van der Waals surface area contributed by atoms with E-state index in [2.05, 4.69) is 30.1 Å². The number of hydrogen-bond donors (Lipinski definition) is 1. The van der Waals surface area contributed by atoms with Crippen LogP contribution in [0.2, 0.25) is 0 Å². The lowest BCUT2D eigenvalue weighted by Crippen LogP contribution is -2.41. The molecule has 0 radical (unpaired) electrons. The van der Waals surface area contributed by atoms with Crippen molar-refractivity contribution in [2.75, 3.05) is 6.54 Å². The Kier molecular flexibility index (Phi) is 4.06. The molecular formula is C21H14FN7O3. The van der Waals surface area contributed by atoms with Gasteiger partial charge in [0.05, 0.1) is 12.0 Å². The Hall–Kier alpha value is -4.41. The third-order valence-electron chi connectivity index (χ3n) is 5.28. The third-order valence-corrected chi connectivity index (χ3v) is 5.28. The van der Waals surface area contributed by atoms with Crippen molar-refractivity contribution in [1.29, 1.82) is 0 Å². The Morgan fingerprint density at radius 2 is 2.09 bits per heavy atom. The van der Waals surface area contributed by atoms with Crippen molar-refractivity contribution in [2.45, 2.75) is 12.5 Å². The molecule has 1 aromatic carbocycles. The van der Waals surface area contributed by atoms with Gasteiger partial charge in [-0.05, 0) is 24.3 Å². The fourth-order valence-corrected chi connectivity index (χ4v) is 3.80. The van der Waals surface area contributed by atoms with Gasteiger partial charge in [-0.25, -0.2) is 14.4 Å². The second kappa shape index (κ2) is 7.08. The number of imidazole rings is 1. The predicted molar refractivity (Wildman–Crippen MR) is 107 cm³/mol. The van der Waals surface area contributed by atoms with E-state index in [9.17, 15) is 9.18 Å². The normalized spacial score (nSPS) is 15.8. The molecule has 0 saturated carbocycles. The first kappa shape index (κ1) is 18.4. The minimum absolute atomic E-state index is 0.139. The van der Waals surface area contributed by atoms with E-state index < -0.39 is 17.8 Å². The van der Waals surface area contributed by atoms with Gasteiger partial charge in [0.15, 0.2) is 11.6 Å². The zero-order chi connectivity index (χ0) is 21.7. The highest BCUT2D eigenvalue weighted by Gasteiger charge is 2.39. The number of H-pyrrole nitrogens is 1. The van der Waals surface area contributed by atoms with Gasteiger partial charge in [0, 0.05) is 30.9 Å². The van der Waals surface area contributed by atoms with Gasteiger partial charge in [0.1, 0.15) is 17.0 Å². The van der Waals surface area contributed by atoms with E-state index in [0.717, 1.165) is 5.69 Å². The molecule has 6 rings (SSSR count). The average molecular weight is 431 g/mol. The lowest BCUT2D eigenvalue weighted by Gasteiger charge is -2.31. The highest BCUT2D eigenvalue weighted by molar-refractivity contribution is 5.90. The lowest BCUT2D eigenvalue weighted by atomic mass is 10.0. The van der Waals surface area contributed by atoms with Crippen LogP contribution in [0.15, 0.2) is 57.8 Å². The Bertz CT molecular complexity index is 1440. The van der Waals surface area contributed by atoms with Gasteiger partial charge in [-0.15, -0.1) is 10.2 Å². The van der Waals surface area contributed by atoms with Crippen molar-refractivity contribution in [3.8, 4) is 11.6 Å². The van der Waals surface area contributed by atoms with Crippen LogP contribution >= 0.6 is 0 Å². The molecule has 1 amide bonds. The summed E-state index contributed by atoms with van der Waals surface area (Å²) in [5.74, 6) is -0.759. The number of halogens is 1. The highest BCUT2D eigenvalue weighted by atomic mass is 19.1. The third kappa shape index (κ3) is 2.94. The largest absolute Gasteiger partial charge is 0.438 e. The quantitative estimate of drug-likeness (QED) is 0.462. The molecule has 158 valence electrons. The van der Waals surface area contributed by atoms with E-state index in [1.54, 1.807) is 30.7 Å². The summed E-state index contributed by atoms with van der Waals surface area (Å²) in [7, 11) is 0. The minimum atomic E-state index is -0.738. The maximum absolute atomic E-state index is 13.6. The second-order valence-corrected chi connectivity index (χ2v) is 7.21. The van der Waals surface area contributed by atoms with Crippen LogP contribution in [0.5, 0.6) is 0 Å². The van der Waals surface area contributed by atoms with Gasteiger partial charge in [0.25, 0.3) is 5.89 Å². The van der Waals surface area contributed by atoms with Crippen LogP contribution in [-0.2, 0) is 6.42 Å². The van der Waals surface area contributed by atoms with Crippen molar-refractivity contribution >= 4 is 17.0 Å². The van der Waals surface area contributed by atoms with Crippen LogP contribution in [0.1, 0.15) is 34.0 Å². The van der Waals surface area contributed by atoms with Gasteiger partial charge >= 0.3 is 11.8 Å². The summed E-state index contributed by atoms with van der Waals surface area (Å²) in [4.78, 5) is 31.0. The molecule has 1 aliphatic rings. The molecule has 0 spiro atoms. The molecule has 0 aliphatic carbocycles. The standard InChI is InChI=1S/C21H14FN7O3/c22-11-4-5-12-15(9-11)31-19(26-12)17-16-13(24-10-25-16)6-8-29(17)21(30)20-28-27-18(32-20)14-3-1-2-7-23-14/h1-5,7,9-10,17H,6,8H2,(H,24,25)/t17-/m0/s1. The first-order valence-electron chi connectivity index (χ1n) is 9.81. The topological polar surface area (TPSA) is 127 Å². The molecule has 0 bridgehead atoms. The molecule has 10 nitrogen and oxygen atoms in total. The van der Waals surface area contributed by atoms with Gasteiger partial charge < -0.3 is 18.7 Å². The highest BCUT2D eigenvalue weighted by Crippen LogP contribution is 2.35. The predicted octanol–water partition coefficient (Wildman–Crippen LogP) is 2.92. The zero-order valence-corrected chi connectivity index (χ0v) is 16.4. The molecule has 1 atom stereocenters. The summed E-state index contributed by atoms with van der Waals surface area (Å²) < 4.78 is 25.1. The van der Waals surface area contributed by atoms with E-state index in [0.29, 0.717) is 29.9 Å². The first-order chi connectivity index (χ1) is 15.7. The van der Waals surface area contributed by atoms with E-state index in [1.807, 2.05) is 0 Å². The van der Waals surface area contributed by atoms with Crippen molar-refractivity contribution in [3.63, 3.8) is 0 Å². The average Bonchev–Trinajstić information content (AvgIpc) is 3.57. The zero-order valence-electron chi connectivity index (χ0n) is 16.4. The van der Waals surface area contributed by atoms with Crippen molar-refractivity contribution < 1.29 is 18.0 Å². The molecule has 0 unspecified atom stereocenters. The van der Waals surface area contributed by atoms with Crippen molar-refractivity contribution in [2.24, 2.45) is 0 Å². The van der Waals surface area contributed by atoms with Crippen LogP contribution in [-0.4, -0.2) is 47.5 Å². The number of hydrogen-bond acceptors (Lipinski definition) is 8. The second-order valence-electron chi connectivity index (χ2n) is 7.21. The number of carbonyl (C=O) groups excluding carboxylic acids is 1. The van der Waals surface area contributed by atoms with E-state index in [1.165, 1.54) is 23.1 Å². The number of carbonyl (C=O) groups is 1. The number of benzene rings is 1. The number of amides is 1. The Labute approximate surface area is 179 Å². The lowest BCUT2D eigenvalue weighted by molar-refractivity contribution is 0.0627. The summed E-state index contributed by atoms with van der Waals surface area (Å²) in [6, 6.07) is 8.59. The van der Waals surface area contributed by atoms with Gasteiger partial charge in [-0.3, -0.25) is 9.78 Å². The van der Waals surface area contributed by atoms with Crippen LogP contribution < -0.4 is 0 Å². The van der Waals surface area contributed by atoms with Crippen LogP contribution in [0.25, 0.3) is 22.7 Å². The Morgan fingerprint density at radius 1 is 1.16 bits per heavy atom. The van der Waals surface area contributed by atoms with Crippen molar-refractivity contribution in [1.82, 2.24) is 35.0 Å². The summed E-state index contributed by atoms with van der Waals surface area (Å²) in [6.07, 6.45) is 3.70. The van der Waals surface area contributed by atoms with Gasteiger partial charge in [-0.1, -0.05) is 6.07 Å². The number of aromatic nitrogens is 6. The smallest absolute Gasteiger partial charge is 0.312 e. The molecular weight excluding hydrogens is 417 g/mol. The first-order valence-corrected chi connectivity index (χ1v) is 9.81. The number of nitrogens with zero attached hydrogens (tertiary/aromatic N) is 6. The van der Waals surface area contributed by atoms with Crippen LogP contribution in [0, 0.1) is 5.82 Å². The molecule has 5 heterocycles. The SMILES string of the molecule is O=C(c1nnc(-c2ccccn2)o1)N1CCc2[nH]cnc2[C@H]1c1nc2ccc(F)cc2o1. The summed E-state index contributed by atoms with van der Waals surface area (Å²) in [6.45, 7) is 0.340. The molecule has 5 aromatic rings. The number of pyridine rings is 1. The number of nitrogens with one attached hydrogen (secondary N) is 1. The van der Waals surface area contributed by atoms with Gasteiger partial charge in [0.2, 0.25) is 5.89 Å². The molecule has 0 saturated heterocycles. The van der Waals surface area contributed by atoms with Crippen LogP contribution in [0.3, 0.4) is 0 Å². The van der Waals surface area contributed by atoms with E-state index in [4.69, 9.17) is 8.83 Å². The summed E-state index contributed by atoms with van der Waals surface area (Å²) in [5, 5.41) is 7.87. The number of rotatable bonds is 3. The summed E-state index contributed by atoms with van der Waals surface area (Å²) in [5.41, 5.74) is 2.69. The fraction of sp³-hybridized carbons (Fsp3) is 0.143. The number of fused-ring (bicyclic) bond motifs is 2. The van der Waals surface area contributed by atoms with Gasteiger partial charge in [-0.2, -0.15) is 0 Å². The molecule has 1 N–H and O–H groups in total. The fourth-order valence-electron chi connectivity index (χ4n) is 3.80. The maximum atomic E-state index is 13.6. The van der Waals surface area contributed by atoms with E-state index in [-0.39, 0.29) is 23.3 Å². The Balaban J connectivity index is 1.40. The number of oxazole rings is 1. The molecule has 32 heavy (non-hydrogen) atoms. The minimum Gasteiger partial charge on any atom is -0.438 e. The molecule has 4 aromatic heterocycles. The Morgan fingerprint density at radius 3 is 2.97 bits per heavy atom. The summed E-state index contributed by atoms with van der Waals surface area (Å²) >= 11 is 0. The number of aromatic amines is 1. The molecule has 11 heteroatoms. The van der Waals surface area contributed by atoms with Crippen molar-refractivity contribution in [3.05, 3.63) is 77.9 Å².